The van der Waals surface area contributed by atoms with E-state index in [9.17, 15) is 9.59 Å². The fraction of sp³-hybridized carbons (Fsp3) is 0.812. The van der Waals surface area contributed by atoms with Gasteiger partial charge in [0.25, 0.3) is 0 Å². The molecule has 2 saturated carbocycles. The summed E-state index contributed by atoms with van der Waals surface area (Å²) < 4.78 is 12.7. The summed E-state index contributed by atoms with van der Waals surface area (Å²) in [6.07, 6.45) is 12.6. The molecule has 0 aromatic heterocycles. The molecule has 37 heavy (non-hydrogen) atoms. The summed E-state index contributed by atoms with van der Waals surface area (Å²) in [4.78, 5) is 26.3. The van der Waals surface area contributed by atoms with Crippen LogP contribution in [-0.2, 0) is 19.1 Å². The van der Waals surface area contributed by atoms with Crippen LogP contribution < -0.4 is 0 Å². The van der Waals surface area contributed by atoms with Crippen LogP contribution in [0.3, 0.4) is 0 Å². The van der Waals surface area contributed by atoms with Gasteiger partial charge in [-0.2, -0.15) is 0 Å². The molecule has 2 aliphatic heterocycles. The van der Waals surface area contributed by atoms with Crippen LogP contribution in [-0.4, -0.2) is 47.2 Å². The number of allylic oxidation sites excluding steroid dienone is 2. The molecule has 2 heterocycles. The van der Waals surface area contributed by atoms with Crippen molar-refractivity contribution >= 4 is 11.9 Å². The van der Waals surface area contributed by atoms with Gasteiger partial charge in [0.15, 0.2) is 0 Å². The summed E-state index contributed by atoms with van der Waals surface area (Å²) in [7, 11) is 0. The highest BCUT2D eigenvalue weighted by atomic mass is 16.5. The standard InChI is InChI=1S/C32H47NO4/c1-18-13-29-30(33(17-18)21(4)34)20(3)32(37-29)12-10-25-26-8-7-23-14-24(36-22(5)35)9-11-31(23,6)28(26)15-27(25)19(2)16-32/h7,18,20,24-26,28-30H,8-17H2,1-6H3/t18-,20+,24-,25-,26-,28-,29+,30-,31-,32-/m0/s1. The number of carbonyl (C=O) groups excluding carboxylic acids is 2. The van der Waals surface area contributed by atoms with E-state index in [0.29, 0.717) is 29.6 Å². The maximum atomic E-state index is 12.6. The van der Waals surface area contributed by atoms with E-state index in [1.165, 1.54) is 19.8 Å². The number of amides is 1. The van der Waals surface area contributed by atoms with E-state index < -0.39 is 0 Å². The van der Waals surface area contributed by atoms with Crippen molar-refractivity contribution in [2.24, 2.45) is 35.0 Å². The predicted molar refractivity (Wildman–Crippen MR) is 144 cm³/mol. The minimum atomic E-state index is -0.148. The van der Waals surface area contributed by atoms with Crippen molar-refractivity contribution in [1.82, 2.24) is 4.90 Å². The Morgan fingerprint density at radius 2 is 1.92 bits per heavy atom. The van der Waals surface area contributed by atoms with E-state index in [2.05, 4.69) is 38.7 Å². The first kappa shape index (κ1) is 25.6. The van der Waals surface area contributed by atoms with Crippen molar-refractivity contribution in [2.75, 3.05) is 6.54 Å². The lowest BCUT2D eigenvalue weighted by molar-refractivity contribution is -0.148. The summed E-state index contributed by atoms with van der Waals surface area (Å²) in [6.45, 7) is 13.7. The van der Waals surface area contributed by atoms with Gasteiger partial charge < -0.3 is 14.4 Å². The molecule has 0 bridgehead atoms. The lowest BCUT2D eigenvalue weighted by Crippen LogP contribution is -2.53. The highest BCUT2D eigenvalue weighted by molar-refractivity contribution is 5.74. The summed E-state index contributed by atoms with van der Waals surface area (Å²) in [6, 6.07) is 0.226. The first-order chi connectivity index (χ1) is 17.5. The van der Waals surface area contributed by atoms with Gasteiger partial charge >= 0.3 is 5.97 Å². The Kier molecular flexibility index (Phi) is 6.21. The molecular weight excluding hydrogens is 462 g/mol. The van der Waals surface area contributed by atoms with Crippen molar-refractivity contribution in [3.05, 3.63) is 22.8 Å². The maximum Gasteiger partial charge on any atom is 0.302 e. The second-order valence-electron chi connectivity index (χ2n) is 14.0. The van der Waals surface area contributed by atoms with Crippen LogP contribution in [0.15, 0.2) is 22.8 Å². The van der Waals surface area contributed by atoms with Gasteiger partial charge in [0.05, 0.1) is 17.7 Å². The Morgan fingerprint density at radius 3 is 2.65 bits per heavy atom. The van der Waals surface area contributed by atoms with Crippen LogP contribution in [0.1, 0.15) is 99.3 Å². The second kappa shape index (κ2) is 8.96. The van der Waals surface area contributed by atoms with Crippen LogP contribution in [0.25, 0.3) is 0 Å². The highest BCUT2D eigenvalue weighted by Gasteiger charge is 2.59. The molecule has 6 rings (SSSR count). The van der Waals surface area contributed by atoms with Gasteiger partial charge in [-0.15, -0.1) is 0 Å². The second-order valence-corrected chi connectivity index (χ2v) is 14.0. The Balaban J connectivity index is 1.25. The largest absolute Gasteiger partial charge is 0.462 e. The first-order valence-electron chi connectivity index (χ1n) is 15.0. The molecule has 0 N–H and O–H groups in total. The predicted octanol–water partition coefficient (Wildman–Crippen LogP) is 6.22. The number of rotatable bonds is 1. The number of esters is 1. The quantitative estimate of drug-likeness (QED) is 0.311. The van der Waals surface area contributed by atoms with Crippen LogP contribution >= 0.6 is 0 Å². The molecule has 1 spiro atoms. The molecule has 0 radical (unpaired) electrons. The van der Waals surface area contributed by atoms with Crippen molar-refractivity contribution < 1.29 is 19.1 Å². The third-order valence-corrected chi connectivity index (χ3v) is 11.9. The molecule has 4 fully saturated rings. The van der Waals surface area contributed by atoms with E-state index in [0.717, 1.165) is 51.5 Å². The lowest BCUT2D eigenvalue weighted by atomic mass is 9.56. The van der Waals surface area contributed by atoms with Crippen LogP contribution in [0, 0.1) is 35.0 Å². The number of hydrogen-bond donors (Lipinski definition) is 0. The van der Waals surface area contributed by atoms with Crippen molar-refractivity contribution in [2.45, 2.75) is 123 Å². The van der Waals surface area contributed by atoms with Gasteiger partial charge in [-0.05, 0) is 87.4 Å². The smallest absolute Gasteiger partial charge is 0.302 e. The van der Waals surface area contributed by atoms with Gasteiger partial charge in [0.2, 0.25) is 5.91 Å². The zero-order valence-corrected chi connectivity index (χ0v) is 23.8. The molecule has 5 nitrogen and oxygen atoms in total. The number of fused-ring (bicyclic) bond motifs is 6. The van der Waals surface area contributed by atoms with E-state index in [4.69, 9.17) is 9.47 Å². The number of piperidine rings is 1. The van der Waals surface area contributed by atoms with Crippen LogP contribution in [0.4, 0.5) is 0 Å². The molecule has 2 saturated heterocycles. The summed E-state index contributed by atoms with van der Waals surface area (Å²) >= 11 is 0. The zero-order chi connectivity index (χ0) is 26.3. The van der Waals surface area contributed by atoms with Gasteiger partial charge in [0.1, 0.15) is 6.10 Å². The van der Waals surface area contributed by atoms with Crippen LogP contribution in [0.2, 0.25) is 0 Å². The van der Waals surface area contributed by atoms with Gasteiger partial charge in [-0.25, -0.2) is 0 Å². The average molecular weight is 510 g/mol. The number of ether oxygens (including phenoxy) is 2. The normalized spacial score (nSPS) is 47.0. The Labute approximate surface area is 223 Å². The zero-order valence-electron chi connectivity index (χ0n) is 23.8. The summed E-state index contributed by atoms with van der Waals surface area (Å²) in [5.41, 5.74) is 4.95. The third-order valence-electron chi connectivity index (χ3n) is 11.9. The topological polar surface area (TPSA) is 55.8 Å². The number of hydrogen-bond acceptors (Lipinski definition) is 4. The van der Waals surface area contributed by atoms with E-state index in [1.54, 1.807) is 23.6 Å². The van der Waals surface area contributed by atoms with Gasteiger partial charge in [0, 0.05) is 32.7 Å². The van der Waals surface area contributed by atoms with E-state index in [1.807, 2.05) is 0 Å². The number of likely N-dealkylation sites (tertiary alicyclic amines) is 1. The minimum absolute atomic E-state index is 0.0582. The Morgan fingerprint density at radius 1 is 1.14 bits per heavy atom. The number of nitrogens with zero attached hydrogens (tertiary/aromatic N) is 1. The molecule has 6 aliphatic rings. The first-order valence-corrected chi connectivity index (χ1v) is 15.0. The SMILES string of the molecule is CC(=O)O[C@H]1CC[C@@]2(C)C(=CC[C@H]3[C@@H]4CC[C@@]5(CC(C)=C4C[C@@H]32)O[C@@H]2C[C@H](C)CN(C(C)=O)[C@H]2[C@H]5C)C1. The number of carbonyl (C=O) groups is 2. The minimum Gasteiger partial charge on any atom is -0.462 e. The Bertz CT molecular complexity index is 1050. The summed E-state index contributed by atoms with van der Waals surface area (Å²) in [5.74, 6) is 3.00. The maximum absolute atomic E-state index is 12.6. The molecular formula is C32H47NO4. The summed E-state index contributed by atoms with van der Waals surface area (Å²) in [5, 5.41) is 0. The fourth-order valence-electron chi connectivity index (χ4n) is 10.1. The average Bonchev–Trinajstić information content (AvgIpc) is 3.28. The van der Waals surface area contributed by atoms with Gasteiger partial charge in [-0.1, -0.05) is 43.6 Å². The van der Waals surface area contributed by atoms with E-state index in [-0.39, 0.29) is 41.1 Å². The lowest BCUT2D eigenvalue weighted by Gasteiger charge is -2.49. The third kappa shape index (κ3) is 3.96. The van der Waals surface area contributed by atoms with Gasteiger partial charge in [-0.3, -0.25) is 9.59 Å². The highest BCUT2D eigenvalue weighted by Crippen LogP contribution is 2.64. The van der Waals surface area contributed by atoms with Crippen LogP contribution in [0.5, 0.6) is 0 Å². The molecule has 0 unspecified atom stereocenters. The molecule has 0 aromatic carbocycles. The Hall–Kier alpha value is -1.62. The fourth-order valence-corrected chi connectivity index (χ4v) is 10.1. The molecule has 4 aliphatic carbocycles. The molecule has 204 valence electrons. The van der Waals surface area contributed by atoms with Crippen molar-refractivity contribution in [1.29, 1.82) is 0 Å². The van der Waals surface area contributed by atoms with Crippen molar-refractivity contribution in [3.8, 4) is 0 Å². The molecule has 5 heteroatoms. The van der Waals surface area contributed by atoms with E-state index >= 15 is 0 Å². The molecule has 1 amide bonds. The molecule has 10 atom stereocenters. The molecule has 0 aromatic rings. The monoisotopic (exact) mass is 509 g/mol. The van der Waals surface area contributed by atoms with Crippen molar-refractivity contribution in [3.63, 3.8) is 0 Å².